The highest BCUT2D eigenvalue weighted by atomic mass is 79.9. The molecular formula is C11H8BrNO3S. The van der Waals surface area contributed by atoms with E-state index in [1.807, 2.05) is 24.3 Å². The van der Waals surface area contributed by atoms with E-state index >= 15 is 0 Å². The van der Waals surface area contributed by atoms with Gasteiger partial charge in [-0.25, -0.2) is 9.78 Å². The molecule has 0 aliphatic rings. The molecule has 0 amide bonds. The number of hydrogen-bond acceptors (Lipinski definition) is 4. The Kier molecular flexibility index (Phi) is 3.75. The highest BCUT2D eigenvalue weighted by molar-refractivity contribution is 9.10. The first-order valence-corrected chi connectivity index (χ1v) is 6.39. The zero-order valence-electron chi connectivity index (χ0n) is 8.59. The first-order chi connectivity index (χ1) is 8.16. The van der Waals surface area contributed by atoms with Crippen molar-refractivity contribution >= 4 is 33.2 Å². The molecule has 0 fully saturated rings. The molecule has 17 heavy (non-hydrogen) atoms. The summed E-state index contributed by atoms with van der Waals surface area (Å²) >= 11 is 4.46. The quantitative estimate of drug-likeness (QED) is 0.941. The molecule has 1 N–H and O–H groups in total. The number of nitrogens with zero attached hydrogens (tertiary/aromatic N) is 1. The number of carbonyl (C=O) groups is 1. The third-order valence-electron chi connectivity index (χ3n) is 1.95. The van der Waals surface area contributed by atoms with E-state index in [2.05, 4.69) is 20.9 Å². The molecule has 0 atom stereocenters. The minimum Gasteiger partial charge on any atom is -0.486 e. The van der Waals surface area contributed by atoms with Gasteiger partial charge >= 0.3 is 5.97 Å². The van der Waals surface area contributed by atoms with Crippen molar-refractivity contribution in [3.05, 3.63) is 44.8 Å². The molecule has 0 unspecified atom stereocenters. The predicted octanol–water partition coefficient (Wildman–Crippen LogP) is 3.18. The number of para-hydroxylation sites is 1. The molecule has 0 saturated carbocycles. The van der Waals surface area contributed by atoms with E-state index < -0.39 is 5.97 Å². The molecule has 2 rings (SSSR count). The lowest BCUT2D eigenvalue weighted by molar-refractivity contribution is 0.0696. The standard InChI is InChI=1S/C11H8BrNO3S/c12-8-3-1-2-4-9(8)16-5-7-6-17-10(13-7)11(14)15/h1-4,6H,5H2,(H,14,15). The smallest absolute Gasteiger partial charge is 0.365 e. The number of ether oxygens (including phenoxy) is 1. The minimum atomic E-state index is -1.01. The molecule has 6 heteroatoms. The minimum absolute atomic E-state index is 0.0794. The number of carboxylic acid groups (broad SMARTS) is 1. The molecular weight excluding hydrogens is 306 g/mol. The molecule has 0 spiro atoms. The van der Waals surface area contributed by atoms with E-state index in [1.54, 1.807) is 5.38 Å². The van der Waals surface area contributed by atoms with Gasteiger partial charge in [0.1, 0.15) is 12.4 Å². The van der Waals surface area contributed by atoms with E-state index in [-0.39, 0.29) is 11.6 Å². The highest BCUT2D eigenvalue weighted by Gasteiger charge is 2.09. The summed E-state index contributed by atoms with van der Waals surface area (Å²) in [5, 5.41) is 10.5. The molecule has 0 saturated heterocycles. The molecule has 0 aliphatic heterocycles. The Morgan fingerprint density at radius 2 is 2.24 bits per heavy atom. The number of aromatic nitrogens is 1. The van der Waals surface area contributed by atoms with Crippen LogP contribution in [0.2, 0.25) is 0 Å². The molecule has 1 aromatic heterocycles. The topological polar surface area (TPSA) is 59.4 Å². The van der Waals surface area contributed by atoms with Crippen LogP contribution in [-0.4, -0.2) is 16.1 Å². The lowest BCUT2D eigenvalue weighted by Crippen LogP contribution is -1.99. The summed E-state index contributed by atoms with van der Waals surface area (Å²) in [5.74, 6) is -0.306. The maximum absolute atomic E-state index is 10.6. The molecule has 2 aromatic rings. The van der Waals surface area contributed by atoms with Gasteiger partial charge in [-0.3, -0.25) is 0 Å². The summed E-state index contributed by atoms with van der Waals surface area (Å²) < 4.78 is 6.38. The molecule has 1 aromatic carbocycles. The Morgan fingerprint density at radius 3 is 2.88 bits per heavy atom. The van der Waals surface area contributed by atoms with Crippen molar-refractivity contribution in [1.82, 2.24) is 4.98 Å². The molecule has 4 nitrogen and oxygen atoms in total. The maximum atomic E-state index is 10.6. The maximum Gasteiger partial charge on any atom is 0.365 e. The largest absolute Gasteiger partial charge is 0.486 e. The summed E-state index contributed by atoms with van der Waals surface area (Å²) in [6, 6.07) is 7.46. The third kappa shape index (κ3) is 3.04. The van der Waals surface area contributed by atoms with Gasteiger partial charge in [0.05, 0.1) is 10.2 Å². The first-order valence-electron chi connectivity index (χ1n) is 4.72. The molecule has 0 bridgehead atoms. The summed E-state index contributed by atoms with van der Waals surface area (Å²) in [7, 11) is 0. The Balaban J connectivity index is 2.02. The SMILES string of the molecule is O=C(O)c1nc(COc2ccccc2Br)cs1. The van der Waals surface area contributed by atoms with Crippen molar-refractivity contribution in [3.63, 3.8) is 0 Å². The number of benzene rings is 1. The molecule has 0 aliphatic carbocycles. The van der Waals surface area contributed by atoms with Gasteiger partial charge in [0.15, 0.2) is 0 Å². The van der Waals surface area contributed by atoms with Crippen LogP contribution in [0.25, 0.3) is 0 Å². The van der Waals surface area contributed by atoms with Crippen LogP contribution in [0.4, 0.5) is 0 Å². The lowest BCUT2D eigenvalue weighted by Gasteiger charge is -2.05. The van der Waals surface area contributed by atoms with Gasteiger partial charge in [-0.1, -0.05) is 12.1 Å². The second kappa shape index (κ2) is 5.29. The monoisotopic (exact) mass is 313 g/mol. The van der Waals surface area contributed by atoms with Crippen LogP contribution in [0.1, 0.15) is 15.5 Å². The van der Waals surface area contributed by atoms with Gasteiger partial charge in [0.25, 0.3) is 0 Å². The Labute approximate surface area is 110 Å². The van der Waals surface area contributed by atoms with Crippen molar-refractivity contribution in [2.45, 2.75) is 6.61 Å². The Bertz CT molecular complexity index is 541. The second-order valence-corrected chi connectivity index (χ2v) is 4.88. The fourth-order valence-corrected chi connectivity index (χ4v) is 2.22. The van der Waals surface area contributed by atoms with E-state index in [1.165, 1.54) is 0 Å². The van der Waals surface area contributed by atoms with E-state index in [9.17, 15) is 4.79 Å². The predicted molar refractivity (Wildman–Crippen MR) is 67.5 cm³/mol. The zero-order valence-corrected chi connectivity index (χ0v) is 11.0. The number of hydrogen-bond donors (Lipinski definition) is 1. The molecule has 1 heterocycles. The average molecular weight is 314 g/mol. The number of halogens is 1. The van der Waals surface area contributed by atoms with E-state index in [4.69, 9.17) is 9.84 Å². The van der Waals surface area contributed by atoms with Crippen LogP contribution in [0.15, 0.2) is 34.1 Å². The van der Waals surface area contributed by atoms with Crippen LogP contribution in [0.5, 0.6) is 5.75 Å². The van der Waals surface area contributed by atoms with Gasteiger partial charge in [-0.05, 0) is 28.1 Å². The zero-order chi connectivity index (χ0) is 12.3. The van der Waals surface area contributed by atoms with Gasteiger partial charge < -0.3 is 9.84 Å². The Hall–Kier alpha value is -1.40. The fraction of sp³-hybridized carbons (Fsp3) is 0.0909. The average Bonchev–Trinajstić information content (AvgIpc) is 2.77. The summed E-state index contributed by atoms with van der Waals surface area (Å²) in [4.78, 5) is 14.6. The van der Waals surface area contributed by atoms with Crippen LogP contribution in [-0.2, 0) is 6.61 Å². The van der Waals surface area contributed by atoms with Crippen LogP contribution >= 0.6 is 27.3 Å². The summed E-state index contributed by atoms with van der Waals surface area (Å²) in [6.07, 6.45) is 0. The fourth-order valence-electron chi connectivity index (χ4n) is 1.18. The molecule has 88 valence electrons. The van der Waals surface area contributed by atoms with Crippen molar-refractivity contribution in [3.8, 4) is 5.75 Å². The van der Waals surface area contributed by atoms with E-state index in [0.29, 0.717) is 11.4 Å². The third-order valence-corrected chi connectivity index (χ3v) is 3.48. The first kappa shape index (κ1) is 12.1. The highest BCUT2D eigenvalue weighted by Crippen LogP contribution is 2.24. The van der Waals surface area contributed by atoms with Gasteiger partial charge in [-0.2, -0.15) is 0 Å². The number of aromatic carboxylic acids is 1. The van der Waals surface area contributed by atoms with Crippen molar-refractivity contribution in [1.29, 1.82) is 0 Å². The Morgan fingerprint density at radius 1 is 1.47 bits per heavy atom. The van der Waals surface area contributed by atoms with Crippen LogP contribution in [0.3, 0.4) is 0 Å². The number of carboxylic acids is 1. The van der Waals surface area contributed by atoms with Gasteiger partial charge in [-0.15, -0.1) is 11.3 Å². The summed E-state index contributed by atoms with van der Waals surface area (Å²) in [5.41, 5.74) is 0.614. The number of rotatable bonds is 4. The van der Waals surface area contributed by atoms with Crippen LogP contribution in [0, 0.1) is 0 Å². The lowest BCUT2D eigenvalue weighted by atomic mass is 10.3. The normalized spacial score (nSPS) is 10.2. The number of thiazole rings is 1. The summed E-state index contributed by atoms with van der Waals surface area (Å²) in [6.45, 7) is 0.256. The van der Waals surface area contributed by atoms with Crippen molar-refractivity contribution in [2.75, 3.05) is 0 Å². The van der Waals surface area contributed by atoms with Crippen molar-refractivity contribution < 1.29 is 14.6 Å². The van der Waals surface area contributed by atoms with Crippen molar-refractivity contribution in [2.24, 2.45) is 0 Å². The molecule has 0 radical (unpaired) electrons. The van der Waals surface area contributed by atoms with Crippen LogP contribution < -0.4 is 4.74 Å². The van der Waals surface area contributed by atoms with Gasteiger partial charge in [0.2, 0.25) is 5.01 Å². The second-order valence-electron chi connectivity index (χ2n) is 3.17. The van der Waals surface area contributed by atoms with Gasteiger partial charge in [0, 0.05) is 5.38 Å². The van der Waals surface area contributed by atoms with E-state index in [0.717, 1.165) is 15.8 Å².